The minimum atomic E-state index is -0.339. The molecule has 19 heavy (non-hydrogen) atoms. The quantitative estimate of drug-likeness (QED) is 0.594. The summed E-state index contributed by atoms with van der Waals surface area (Å²) in [5.74, 6) is 0.589. The van der Waals surface area contributed by atoms with Crippen molar-refractivity contribution in [2.75, 3.05) is 25.5 Å². The van der Waals surface area contributed by atoms with Crippen LogP contribution in [-0.4, -0.2) is 48.4 Å². The van der Waals surface area contributed by atoms with Crippen molar-refractivity contribution >= 4 is 24.6 Å². The predicted octanol–water partition coefficient (Wildman–Crippen LogP) is 1.43. The molecule has 2 aliphatic heterocycles. The lowest BCUT2D eigenvalue weighted by atomic mass is 9.81. The van der Waals surface area contributed by atoms with Gasteiger partial charge in [0.15, 0.2) is 0 Å². The van der Waals surface area contributed by atoms with E-state index in [4.69, 9.17) is 4.74 Å². The van der Waals surface area contributed by atoms with Crippen molar-refractivity contribution in [3.05, 3.63) is 0 Å². The summed E-state index contributed by atoms with van der Waals surface area (Å²) in [5.41, 5.74) is -0.0878. The number of hydrogen-bond acceptors (Lipinski definition) is 4. The van der Waals surface area contributed by atoms with Crippen molar-refractivity contribution in [3.8, 4) is 0 Å². The number of hydrogen-bond donors (Lipinski definition) is 2. The molecule has 108 valence electrons. The van der Waals surface area contributed by atoms with E-state index in [0.717, 1.165) is 19.3 Å². The highest BCUT2D eigenvalue weighted by Gasteiger charge is 2.43. The van der Waals surface area contributed by atoms with Gasteiger partial charge in [-0.25, -0.2) is 4.79 Å². The average molecular weight is 286 g/mol. The van der Waals surface area contributed by atoms with E-state index in [2.05, 4.69) is 17.9 Å². The molecule has 3 amide bonds. The second kappa shape index (κ2) is 6.13. The Kier molecular flexibility index (Phi) is 4.73. The molecular weight excluding hydrogens is 264 g/mol. The van der Waals surface area contributed by atoms with Gasteiger partial charge in [0.05, 0.1) is 0 Å². The smallest absolute Gasteiger partial charge is 0.324 e. The lowest BCUT2D eigenvalue weighted by molar-refractivity contribution is -0.129. The van der Waals surface area contributed by atoms with Crippen LogP contribution in [0.3, 0.4) is 0 Å². The van der Waals surface area contributed by atoms with Crippen LogP contribution >= 0.6 is 12.6 Å². The summed E-state index contributed by atoms with van der Waals surface area (Å²) in [5, 5.41) is 2.77. The van der Waals surface area contributed by atoms with Crippen LogP contribution in [0.25, 0.3) is 0 Å². The molecule has 6 heteroatoms. The van der Waals surface area contributed by atoms with E-state index in [0.29, 0.717) is 31.9 Å². The number of carbonyl (C=O) groups is 2. The highest BCUT2D eigenvalue weighted by atomic mass is 32.1. The second-order valence-electron chi connectivity index (χ2n) is 5.49. The minimum Gasteiger partial charge on any atom is -0.381 e. The van der Waals surface area contributed by atoms with Crippen LogP contribution in [0.2, 0.25) is 0 Å². The predicted molar refractivity (Wildman–Crippen MR) is 75.3 cm³/mol. The first-order valence-corrected chi connectivity index (χ1v) is 7.55. The lowest BCUT2D eigenvalue weighted by Gasteiger charge is -2.37. The maximum Gasteiger partial charge on any atom is 0.324 e. The molecule has 2 fully saturated rings. The number of imide groups is 1. The van der Waals surface area contributed by atoms with Gasteiger partial charge in [-0.15, -0.1) is 0 Å². The molecule has 0 aliphatic carbocycles. The van der Waals surface area contributed by atoms with Gasteiger partial charge in [0.2, 0.25) is 0 Å². The molecule has 0 aromatic carbocycles. The summed E-state index contributed by atoms with van der Waals surface area (Å²) in [6.45, 7) is 3.84. The molecule has 0 bridgehead atoms. The Morgan fingerprint density at radius 1 is 1.42 bits per heavy atom. The monoisotopic (exact) mass is 286 g/mol. The third-order valence-corrected chi connectivity index (χ3v) is 4.74. The van der Waals surface area contributed by atoms with Crippen molar-refractivity contribution in [2.45, 2.75) is 38.6 Å². The number of rotatable bonds is 5. The number of thiol groups is 1. The molecule has 2 rings (SSSR count). The molecule has 1 unspecified atom stereocenters. The zero-order valence-electron chi connectivity index (χ0n) is 11.4. The van der Waals surface area contributed by atoms with Crippen molar-refractivity contribution < 1.29 is 14.3 Å². The molecule has 0 saturated carbocycles. The molecule has 1 N–H and O–H groups in total. The summed E-state index contributed by atoms with van der Waals surface area (Å²) >= 11 is 4.42. The van der Waals surface area contributed by atoms with Crippen molar-refractivity contribution in [3.63, 3.8) is 0 Å². The molecule has 2 heterocycles. The fourth-order valence-corrected chi connectivity index (χ4v) is 3.13. The normalized spacial score (nSPS) is 26.6. The SMILES string of the molecule is CCCC1NC(=O)N(CC2(CS)CCOCC2)C1=O. The number of nitrogens with one attached hydrogen (secondary N) is 1. The molecule has 5 nitrogen and oxygen atoms in total. The van der Waals surface area contributed by atoms with E-state index in [1.807, 2.05) is 6.92 Å². The molecule has 2 aliphatic rings. The molecule has 0 spiro atoms. The van der Waals surface area contributed by atoms with E-state index >= 15 is 0 Å². The lowest BCUT2D eigenvalue weighted by Crippen LogP contribution is -2.45. The maximum absolute atomic E-state index is 12.2. The van der Waals surface area contributed by atoms with Crippen LogP contribution in [0.4, 0.5) is 4.79 Å². The largest absolute Gasteiger partial charge is 0.381 e. The molecule has 0 aromatic rings. The van der Waals surface area contributed by atoms with Crippen LogP contribution in [0, 0.1) is 5.41 Å². The Morgan fingerprint density at radius 3 is 2.68 bits per heavy atom. The Labute approximate surface area is 119 Å². The zero-order valence-corrected chi connectivity index (χ0v) is 12.2. The first kappa shape index (κ1) is 14.7. The van der Waals surface area contributed by atoms with Crippen molar-refractivity contribution in [1.29, 1.82) is 0 Å². The highest BCUT2D eigenvalue weighted by Crippen LogP contribution is 2.33. The maximum atomic E-state index is 12.2. The molecule has 2 saturated heterocycles. The molecule has 0 radical (unpaired) electrons. The number of ether oxygens (including phenoxy) is 1. The van der Waals surface area contributed by atoms with Crippen molar-refractivity contribution in [1.82, 2.24) is 10.2 Å². The first-order valence-electron chi connectivity index (χ1n) is 6.92. The summed E-state index contributed by atoms with van der Waals surface area (Å²) in [6.07, 6.45) is 3.30. The van der Waals surface area contributed by atoms with E-state index in [1.165, 1.54) is 4.90 Å². The molecular formula is C13H22N2O3S. The van der Waals surface area contributed by atoms with Gasteiger partial charge in [0, 0.05) is 25.2 Å². The van der Waals surface area contributed by atoms with Gasteiger partial charge < -0.3 is 10.1 Å². The minimum absolute atomic E-state index is 0.0838. The zero-order chi connectivity index (χ0) is 13.9. The Hall–Kier alpha value is -0.750. The second-order valence-corrected chi connectivity index (χ2v) is 5.80. The van der Waals surface area contributed by atoms with Gasteiger partial charge in [-0.2, -0.15) is 12.6 Å². The number of amides is 3. The van der Waals surface area contributed by atoms with Gasteiger partial charge in [-0.3, -0.25) is 9.69 Å². The fraction of sp³-hybridized carbons (Fsp3) is 0.846. The standard InChI is InChI=1S/C13H22N2O3S/c1-2-3-10-11(16)15(12(17)14-10)8-13(9-19)4-6-18-7-5-13/h10,19H,2-9H2,1H3,(H,14,17). The summed E-state index contributed by atoms with van der Waals surface area (Å²) in [4.78, 5) is 25.5. The first-order chi connectivity index (χ1) is 9.12. The molecule has 1 atom stereocenters. The van der Waals surface area contributed by atoms with Crippen LogP contribution in [-0.2, 0) is 9.53 Å². The van der Waals surface area contributed by atoms with Gasteiger partial charge >= 0.3 is 6.03 Å². The van der Waals surface area contributed by atoms with E-state index in [9.17, 15) is 9.59 Å². The van der Waals surface area contributed by atoms with E-state index in [1.54, 1.807) is 0 Å². The third kappa shape index (κ3) is 3.05. The Morgan fingerprint density at radius 2 is 2.11 bits per heavy atom. The average Bonchev–Trinajstić information content (AvgIpc) is 2.68. The Balaban J connectivity index is 2.04. The number of urea groups is 1. The van der Waals surface area contributed by atoms with E-state index in [-0.39, 0.29) is 23.4 Å². The van der Waals surface area contributed by atoms with Gasteiger partial charge in [-0.05, 0) is 25.0 Å². The number of nitrogens with zero attached hydrogens (tertiary/aromatic N) is 1. The summed E-state index contributed by atoms with van der Waals surface area (Å²) in [7, 11) is 0. The van der Waals surface area contributed by atoms with Gasteiger partial charge in [0.25, 0.3) is 5.91 Å². The third-order valence-electron chi connectivity index (χ3n) is 4.07. The number of carbonyl (C=O) groups excluding carboxylic acids is 2. The fourth-order valence-electron chi connectivity index (χ4n) is 2.72. The summed E-state index contributed by atoms with van der Waals surface area (Å²) in [6, 6.07) is -0.592. The van der Waals surface area contributed by atoms with Crippen LogP contribution < -0.4 is 5.32 Å². The molecule has 0 aromatic heterocycles. The Bertz CT molecular complexity index is 356. The van der Waals surface area contributed by atoms with E-state index < -0.39 is 0 Å². The van der Waals surface area contributed by atoms with Gasteiger partial charge in [-0.1, -0.05) is 13.3 Å². The van der Waals surface area contributed by atoms with Crippen LogP contribution in [0.5, 0.6) is 0 Å². The topological polar surface area (TPSA) is 58.6 Å². The van der Waals surface area contributed by atoms with Crippen molar-refractivity contribution in [2.24, 2.45) is 5.41 Å². The van der Waals surface area contributed by atoms with Gasteiger partial charge in [0.1, 0.15) is 6.04 Å². The van der Waals surface area contributed by atoms with Crippen LogP contribution in [0.1, 0.15) is 32.6 Å². The highest BCUT2D eigenvalue weighted by molar-refractivity contribution is 7.80. The summed E-state index contributed by atoms with van der Waals surface area (Å²) < 4.78 is 5.37. The van der Waals surface area contributed by atoms with Crippen LogP contribution in [0.15, 0.2) is 0 Å².